The summed E-state index contributed by atoms with van der Waals surface area (Å²) >= 11 is 6.06. The van der Waals surface area contributed by atoms with E-state index in [0.29, 0.717) is 34.4 Å². The van der Waals surface area contributed by atoms with E-state index >= 15 is 0 Å². The largest absolute Gasteiger partial charge is 0.405 e. The maximum Gasteiger partial charge on any atom is 0.405 e. The van der Waals surface area contributed by atoms with Crippen LogP contribution in [0.4, 0.5) is 19.0 Å². The first-order valence-corrected chi connectivity index (χ1v) is 10.1. The van der Waals surface area contributed by atoms with Gasteiger partial charge in [-0.2, -0.15) is 13.2 Å². The van der Waals surface area contributed by atoms with Crippen LogP contribution in [0.5, 0.6) is 0 Å². The molecule has 2 N–H and O–H groups in total. The minimum absolute atomic E-state index is 0. The molecule has 3 rings (SSSR count). The lowest BCUT2D eigenvalue weighted by atomic mass is 10.2. The summed E-state index contributed by atoms with van der Waals surface area (Å²) in [4.78, 5) is 30.2. The highest BCUT2D eigenvalue weighted by molar-refractivity contribution is 6.31. The van der Waals surface area contributed by atoms with Gasteiger partial charge in [-0.25, -0.2) is 15.0 Å². The van der Waals surface area contributed by atoms with Crippen molar-refractivity contribution < 1.29 is 20.8 Å². The number of rotatable bonds is 8. The van der Waals surface area contributed by atoms with Gasteiger partial charge >= 0.3 is 6.18 Å². The molecule has 0 saturated heterocycles. The Labute approximate surface area is 185 Å². The highest BCUT2D eigenvalue weighted by Gasteiger charge is 2.30. The van der Waals surface area contributed by atoms with Crippen LogP contribution in [0.3, 0.4) is 0 Å². The third-order valence-corrected chi connectivity index (χ3v) is 4.94. The van der Waals surface area contributed by atoms with Crippen molar-refractivity contribution in [3.05, 3.63) is 35.7 Å². The zero-order valence-electron chi connectivity index (χ0n) is 17.0. The Morgan fingerprint density at radius 1 is 1.39 bits per heavy atom. The number of anilines is 1. The lowest BCUT2D eigenvalue weighted by Crippen LogP contribution is -2.48. The summed E-state index contributed by atoms with van der Waals surface area (Å²) < 4.78 is 37.5. The molecule has 7 nitrogen and oxygen atoms in total. The van der Waals surface area contributed by atoms with Crippen LogP contribution in [0.15, 0.2) is 30.7 Å². The topological polar surface area (TPSA) is 86.8 Å². The van der Waals surface area contributed by atoms with Crippen molar-refractivity contribution in [1.29, 1.82) is 0 Å². The molecule has 0 unspecified atom stereocenters. The number of amides is 1. The Hall–Kier alpha value is -2.88. The highest BCUT2D eigenvalue weighted by Crippen LogP contribution is 2.28. The van der Waals surface area contributed by atoms with E-state index in [0.717, 1.165) is 18.2 Å². The van der Waals surface area contributed by atoms with Crippen molar-refractivity contribution in [3.63, 3.8) is 0 Å². The smallest absolute Gasteiger partial charge is 0.345 e. The van der Waals surface area contributed by atoms with E-state index in [9.17, 15) is 18.0 Å². The number of aromatic amines is 1. The molecule has 1 atom stereocenters. The molecule has 0 aliphatic rings. The fourth-order valence-corrected chi connectivity index (χ4v) is 3.27. The van der Waals surface area contributed by atoms with Crippen molar-refractivity contribution in [2.24, 2.45) is 0 Å². The van der Waals surface area contributed by atoms with Gasteiger partial charge in [0.2, 0.25) is 5.91 Å². The predicted molar refractivity (Wildman–Crippen MR) is 117 cm³/mol. The number of halogens is 4. The number of H-pyrrole nitrogens is 1. The first-order valence-electron chi connectivity index (χ1n) is 9.76. The second-order valence-corrected chi connectivity index (χ2v) is 7.48. The Morgan fingerprint density at radius 3 is 2.87 bits per heavy atom. The number of carbonyl (C=O) groups excluding carboxylic acids is 1. The molecule has 0 aliphatic heterocycles. The molecule has 0 aromatic carbocycles. The van der Waals surface area contributed by atoms with Crippen LogP contribution in [0.25, 0.3) is 22.4 Å². The van der Waals surface area contributed by atoms with E-state index in [-0.39, 0.29) is 2.85 Å². The molecule has 31 heavy (non-hydrogen) atoms. The van der Waals surface area contributed by atoms with Gasteiger partial charge in [0.05, 0.1) is 5.02 Å². The molecule has 3 aromatic heterocycles. The third-order valence-electron chi connectivity index (χ3n) is 4.74. The van der Waals surface area contributed by atoms with Crippen LogP contribution in [0.2, 0.25) is 5.02 Å². The van der Waals surface area contributed by atoms with Gasteiger partial charge in [-0.05, 0) is 25.5 Å². The molecule has 0 aliphatic carbocycles. The fourth-order valence-electron chi connectivity index (χ4n) is 3.11. The molecule has 3 aromatic rings. The third kappa shape index (κ3) is 5.63. The number of unbranched alkanes of at least 4 members (excludes halogenated alkanes) is 1. The summed E-state index contributed by atoms with van der Waals surface area (Å²) in [5.41, 5.74) is 1.30. The molecule has 3 heterocycles. The maximum absolute atomic E-state index is 12.5. The molecular formula is C20H26ClF3N6O. The molecule has 170 valence electrons. The second-order valence-electron chi connectivity index (χ2n) is 7.05. The van der Waals surface area contributed by atoms with Gasteiger partial charge in [0, 0.05) is 38.9 Å². The first kappa shape index (κ1) is 22.8. The van der Waals surface area contributed by atoms with Gasteiger partial charge in [-0.3, -0.25) is 4.79 Å². The van der Waals surface area contributed by atoms with Gasteiger partial charge in [-0.15, -0.1) is 0 Å². The molecule has 11 heteroatoms. The van der Waals surface area contributed by atoms with Gasteiger partial charge in [0.25, 0.3) is 0 Å². The number of nitrogens with one attached hydrogen (secondary N) is 2. The Bertz CT molecular complexity index is 1070. The Balaban J connectivity index is 0.00000272. The first-order chi connectivity index (χ1) is 14.7. The van der Waals surface area contributed by atoms with Crippen molar-refractivity contribution >= 4 is 34.4 Å². The number of nitrogens with zero attached hydrogens (tertiary/aromatic N) is 4. The van der Waals surface area contributed by atoms with Gasteiger partial charge in [0.1, 0.15) is 24.1 Å². The molecule has 1 amide bonds. The summed E-state index contributed by atoms with van der Waals surface area (Å²) in [5, 5.41) is 3.14. The monoisotopic (exact) mass is 458 g/mol. The number of alkyl halides is 3. The average Bonchev–Trinajstić information content (AvgIpc) is 3.15. The Kier molecular flexibility index (Phi) is 6.99. The minimum Gasteiger partial charge on any atom is -0.345 e. The van der Waals surface area contributed by atoms with Crippen molar-refractivity contribution in [2.45, 2.75) is 38.9 Å². The fraction of sp³-hybridized carbons (Fsp3) is 0.400. The molecule has 0 spiro atoms. The summed E-state index contributed by atoms with van der Waals surface area (Å²) in [6.07, 6.45) is 1.89. The molecule has 0 saturated carbocycles. The van der Waals surface area contributed by atoms with Gasteiger partial charge < -0.3 is 15.2 Å². The van der Waals surface area contributed by atoms with E-state index in [1.54, 1.807) is 36.4 Å². The quantitative estimate of drug-likeness (QED) is 0.504. The van der Waals surface area contributed by atoms with E-state index in [2.05, 4.69) is 19.9 Å². The lowest BCUT2D eigenvalue weighted by molar-refractivity contribution is -0.139. The zero-order chi connectivity index (χ0) is 22.6. The standard InChI is InChI=1S/C20H22ClF3N6O.2H2/c1-3-4-7-30(12(2)19(31)28-11-20(22,23)24)16-5-6-25-18(29-16)15-10-27-17-14(15)8-13(21)9-26-17;;/h5-6,8-10,12H,3-4,7,11H2,1-2H3,(H,26,27)(H,28,31);2*1H/t12-;;/m1../s1. The maximum atomic E-state index is 12.5. The van der Waals surface area contributed by atoms with Crippen LogP contribution in [0.1, 0.15) is 29.5 Å². The molecular weight excluding hydrogens is 433 g/mol. The summed E-state index contributed by atoms with van der Waals surface area (Å²) in [5.74, 6) is 0.103. The zero-order valence-corrected chi connectivity index (χ0v) is 17.8. The van der Waals surface area contributed by atoms with Crippen LogP contribution in [-0.2, 0) is 4.79 Å². The average molecular weight is 459 g/mol. The minimum atomic E-state index is -4.48. The predicted octanol–water partition coefficient (Wildman–Crippen LogP) is 4.84. The Morgan fingerprint density at radius 2 is 2.16 bits per heavy atom. The molecule has 0 bridgehead atoms. The van der Waals surface area contributed by atoms with Crippen molar-refractivity contribution in [2.75, 3.05) is 18.0 Å². The van der Waals surface area contributed by atoms with Crippen LogP contribution in [-0.4, -0.2) is 51.2 Å². The number of hydrogen-bond acceptors (Lipinski definition) is 5. The number of fused-ring (bicyclic) bond motifs is 1. The molecule has 0 radical (unpaired) electrons. The van der Waals surface area contributed by atoms with E-state index in [1.165, 1.54) is 6.20 Å². The number of hydrogen-bond donors (Lipinski definition) is 2. The van der Waals surface area contributed by atoms with Crippen LogP contribution in [0, 0.1) is 0 Å². The van der Waals surface area contributed by atoms with Crippen LogP contribution >= 0.6 is 11.6 Å². The number of carbonyl (C=O) groups is 1. The summed E-state index contributed by atoms with van der Waals surface area (Å²) in [6, 6.07) is 2.52. The van der Waals surface area contributed by atoms with Gasteiger partial charge in [0.15, 0.2) is 5.82 Å². The summed E-state index contributed by atoms with van der Waals surface area (Å²) in [7, 11) is 0. The second kappa shape index (κ2) is 9.51. The number of aromatic nitrogens is 4. The normalized spacial score (nSPS) is 12.7. The lowest BCUT2D eigenvalue weighted by Gasteiger charge is -2.29. The van der Waals surface area contributed by atoms with E-state index in [4.69, 9.17) is 11.6 Å². The summed E-state index contributed by atoms with van der Waals surface area (Å²) in [6.45, 7) is 2.62. The molecule has 0 fully saturated rings. The van der Waals surface area contributed by atoms with Gasteiger partial charge in [-0.1, -0.05) is 24.9 Å². The van der Waals surface area contributed by atoms with E-state index < -0.39 is 24.7 Å². The van der Waals surface area contributed by atoms with Crippen LogP contribution < -0.4 is 10.2 Å². The SMILES string of the molecule is CCCCN(c1ccnc(-c2c[nH]c3ncc(Cl)cc23)n1)[C@H](C)C(=O)NCC(F)(F)F.[HH].[HH]. The van der Waals surface area contributed by atoms with E-state index in [1.807, 2.05) is 12.2 Å². The number of pyridine rings is 1. The van der Waals surface area contributed by atoms with Crippen molar-refractivity contribution in [3.8, 4) is 11.4 Å². The highest BCUT2D eigenvalue weighted by atomic mass is 35.5. The van der Waals surface area contributed by atoms with Crippen molar-refractivity contribution in [1.82, 2.24) is 25.3 Å².